The fourth-order valence-electron chi connectivity index (χ4n) is 11.7. The average molecular weight is 817 g/mol. The van der Waals surface area contributed by atoms with Crippen LogP contribution in [0.15, 0.2) is 231 Å². The van der Waals surface area contributed by atoms with Crippen molar-refractivity contribution in [1.29, 1.82) is 0 Å². The Bertz CT molecular complexity index is 3440. The van der Waals surface area contributed by atoms with Crippen LogP contribution in [0, 0.1) is 0 Å². The molecule has 0 saturated heterocycles. The first-order valence-electron chi connectivity index (χ1n) is 22.4. The second kappa shape index (κ2) is 13.8. The second-order valence-electron chi connectivity index (χ2n) is 18.0. The van der Waals surface area contributed by atoms with E-state index in [1.165, 1.54) is 77.5 Å². The van der Waals surface area contributed by atoms with Crippen molar-refractivity contribution < 1.29 is 0 Å². The van der Waals surface area contributed by atoms with E-state index >= 15 is 0 Å². The predicted molar refractivity (Wildman–Crippen MR) is 267 cm³/mol. The summed E-state index contributed by atoms with van der Waals surface area (Å²) in [7, 11) is 0. The molecule has 0 aromatic heterocycles. The zero-order valence-corrected chi connectivity index (χ0v) is 35.8. The van der Waals surface area contributed by atoms with Crippen LogP contribution in [0.3, 0.4) is 0 Å². The van der Waals surface area contributed by atoms with Gasteiger partial charge in [-0.15, -0.1) is 0 Å². The summed E-state index contributed by atoms with van der Waals surface area (Å²) in [6, 6.07) is 85.8. The number of nitrogens with zero attached hydrogens (tertiary/aromatic N) is 2. The van der Waals surface area contributed by atoms with Crippen LogP contribution in [0.2, 0.25) is 0 Å². The molecule has 0 saturated carbocycles. The van der Waals surface area contributed by atoms with Gasteiger partial charge in [-0.1, -0.05) is 178 Å². The van der Waals surface area contributed by atoms with E-state index in [4.69, 9.17) is 0 Å². The number of hydrogen-bond acceptors (Lipinski definition) is 2. The van der Waals surface area contributed by atoms with Gasteiger partial charge in [0.1, 0.15) is 0 Å². The highest BCUT2D eigenvalue weighted by molar-refractivity contribution is 6.12. The first-order valence-corrected chi connectivity index (χ1v) is 22.4. The van der Waals surface area contributed by atoms with E-state index in [-0.39, 0.29) is 5.41 Å². The van der Waals surface area contributed by atoms with Gasteiger partial charge >= 0.3 is 0 Å². The van der Waals surface area contributed by atoms with Crippen LogP contribution >= 0.6 is 0 Å². The molecule has 64 heavy (non-hydrogen) atoms. The molecule has 2 nitrogen and oxygen atoms in total. The minimum Gasteiger partial charge on any atom is -0.310 e. The van der Waals surface area contributed by atoms with Crippen molar-refractivity contribution in [3.63, 3.8) is 0 Å². The summed E-state index contributed by atoms with van der Waals surface area (Å²) in [5.74, 6) is 0. The van der Waals surface area contributed by atoms with E-state index in [9.17, 15) is 0 Å². The Balaban J connectivity index is 1.10. The quantitative estimate of drug-likeness (QED) is 0.165. The summed E-state index contributed by atoms with van der Waals surface area (Å²) in [6.07, 6.45) is 0. The van der Waals surface area contributed by atoms with Crippen LogP contribution in [0.4, 0.5) is 34.1 Å². The minimum absolute atomic E-state index is 0.126. The third-order valence-corrected chi connectivity index (χ3v) is 14.4. The normalized spacial score (nSPS) is 15.5. The Morgan fingerprint density at radius 2 is 0.703 bits per heavy atom. The van der Waals surface area contributed by atoms with E-state index in [1.54, 1.807) is 0 Å². The summed E-state index contributed by atoms with van der Waals surface area (Å²) in [5, 5.41) is 2.48. The summed E-state index contributed by atoms with van der Waals surface area (Å²) >= 11 is 0. The molecule has 0 bridgehead atoms. The van der Waals surface area contributed by atoms with Gasteiger partial charge in [-0.3, -0.25) is 0 Å². The fourth-order valence-corrected chi connectivity index (χ4v) is 11.7. The van der Waals surface area contributed by atoms with Crippen LogP contribution in [0.1, 0.15) is 47.2 Å². The van der Waals surface area contributed by atoms with Gasteiger partial charge in [0.15, 0.2) is 0 Å². The fraction of sp³-hybridized carbons (Fsp3) is 0.0645. The van der Waals surface area contributed by atoms with Crippen LogP contribution < -0.4 is 9.80 Å². The maximum atomic E-state index is 2.53. The molecule has 0 radical (unpaired) electrons. The molecule has 0 fully saturated rings. The van der Waals surface area contributed by atoms with Crippen LogP contribution in [-0.4, -0.2) is 0 Å². The van der Waals surface area contributed by atoms with Crippen LogP contribution in [0.5, 0.6) is 0 Å². The van der Waals surface area contributed by atoms with Crippen molar-refractivity contribution in [3.8, 4) is 33.4 Å². The van der Waals surface area contributed by atoms with Gasteiger partial charge < -0.3 is 9.80 Å². The number of rotatable bonds is 6. The lowest BCUT2D eigenvalue weighted by Gasteiger charge is -2.34. The molecule has 0 amide bonds. The van der Waals surface area contributed by atoms with Gasteiger partial charge in [0.25, 0.3) is 0 Å². The molecule has 1 atom stereocenters. The van der Waals surface area contributed by atoms with Crippen molar-refractivity contribution in [1.82, 2.24) is 0 Å². The molecule has 0 heterocycles. The van der Waals surface area contributed by atoms with Crippen LogP contribution in [-0.2, 0) is 10.8 Å². The molecule has 2 heteroatoms. The second-order valence-corrected chi connectivity index (χ2v) is 18.0. The summed E-state index contributed by atoms with van der Waals surface area (Å²) in [6.45, 7) is 4.74. The van der Waals surface area contributed by atoms with E-state index < -0.39 is 5.41 Å². The van der Waals surface area contributed by atoms with Gasteiger partial charge in [-0.25, -0.2) is 0 Å². The number of benzene rings is 10. The lowest BCUT2D eigenvalue weighted by molar-refractivity contribution is 0.660. The SMILES string of the molecule is CC1(C)c2ccccc2-c2ccc(N(c3ccccc3)c3ccc4c(c3)C3(c5ccccc5-4)c4ccccc4-c4c3cc(N(c3ccccc3)c3ccccc3)c3ccccc43)cc21. The van der Waals surface area contributed by atoms with Crippen LogP contribution in [0.25, 0.3) is 44.2 Å². The lowest BCUT2D eigenvalue weighted by Crippen LogP contribution is -2.26. The molecule has 0 N–H and O–H groups in total. The summed E-state index contributed by atoms with van der Waals surface area (Å²) in [5.41, 5.74) is 21.9. The predicted octanol–water partition coefficient (Wildman–Crippen LogP) is 16.4. The van der Waals surface area contributed by atoms with Crippen molar-refractivity contribution >= 4 is 44.9 Å². The largest absolute Gasteiger partial charge is 0.310 e. The monoisotopic (exact) mass is 816 g/mol. The standard InChI is InChI=1S/C62H44N2/c1-61(2)53-31-17-14-26-46(53)48-36-34-44(38-56(48)61)63(41-20-6-3-7-21-41)45-35-37-49-47-27-15-18-32-54(47)62(57(49)39-45)55-33-19-16-30-52(55)60-51-29-13-12-28-50(51)59(40-58(60)62)64(42-22-8-4-9-23-42)43-24-10-5-11-25-43/h3-40H,1-2H3. The van der Waals surface area contributed by atoms with Gasteiger partial charge in [0, 0.05) is 39.2 Å². The summed E-state index contributed by atoms with van der Waals surface area (Å²) < 4.78 is 0. The first kappa shape index (κ1) is 36.7. The molecule has 3 aliphatic carbocycles. The molecule has 3 aliphatic rings. The van der Waals surface area contributed by atoms with Crippen molar-refractivity contribution in [3.05, 3.63) is 264 Å². The highest BCUT2D eigenvalue weighted by Crippen LogP contribution is 2.65. The molecular weight excluding hydrogens is 773 g/mol. The van der Waals surface area contributed by atoms with Gasteiger partial charge in [0.05, 0.1) is 11.1 Å². The highest BCUT2D eigenvalue weighted by atomic mass is 15.1. The molecule has 13 rings (SSSR count). The smallest absolute Gasteiger partial charge is 0.0727 e. The van der Waals surface area contributed by atoms with Crippen molar-refractivity contribution in [2.24, 2.45) is 0 Å². The van der Waals surface area contributed by atoms with Crippen molar-refractivity contribution in [2.75, 3.05) is 9.80 Å². The Morgan fingerprint density at radius 1 is 0.281 bits per heavy atom. The Kier molecular flexibility index (Phi) is 7.90. The molecule has 1 spiro atoms. The minimum atomic E-state index is -0.588. The summed E-state index contributed by atoms with van der Waals surface area (Å²) in [4.78, 5) is 4.92. The Hall–Kier alpha value is -7.94. The molecule has 10 aromatic rings. The molecule has 10 aromatic carbocycles. The number of para-hydroxylation sites is 3. The molecule has 302 valence electrons. The maximum absolute atomic E-state index is 2.53. The molecular formula is C62H44N2. The number of anilines is 6. The topological polar surface area (TPSA) is 6.48 Å². The van der Waals surface area contributed by atoms with Gasteiger partial charge in [0.2, 0.25) is 0 Å². The number of fused-ring (bicyclic) bond motifs is 15. The van der Waals surface area contributed by atoms with Gasteiger partial charge in [-0.05, 0) is 139 Å². The first-order chi connectivity index (χ1) is 31.5. The molecule has 0 aliphatic heterocycles. The van der Waals surface area contributed by atoms with E-state index in [1.807, 2.05) is 0 Å². The third-order valence-electron chi connectivity index (χ3n) is 14.4. The Morgan fingerprint density at radius 3 is 1.31 bits per heavy atom. The number of hydrogen-bond donors (Lipinski definition) is 0. The third kappa shape index (κ3) is 5.02. The van der Waals surface area contributed by atoms with Crippen molar-refractivity contribution in [2.45, 2.75) is 24.7 Å². The zero-order valence-electron chi connectivity index (χ0n) is 35.8. The van der Waals surface area contributed by atoms with E-state index in [2.05, 4.69) is 254 Å². The Labute approximate surface area is 375 Å². The van der Waals surface area contributed by atoms with Gasteiger partial charge in [-0.2, -0.15) is 0 Å². The molecule has 1 unspecified atom stereocenters. The van der Waals surface area contributed by atoms with E-state index in [0.29, 0.717) is 0 Å². The lowest BCUT2D eigenvalue weighted by atomic mass is 9.70. The van der Waals surface area contributed by atoms with E-state index in [0.717, 1.165) is 34.1 Å². The average Bonchev–Trinajstić information content (AvgIpc) is 3.91. The zero-order chi connectivity index (χ0) is 42.6. The maximum Gasteiger partial charge on any atom is 0.0727 e. The highest BCUT2D eigenvalue weighted by Gasteiger charge is 2.53.